The number of nitriles is 1. The Hall–Kier alpha value is -1.38. The highest BCUT2D eigenvalue weighted by molar-refractivity contribution is 7.80. The molecule has 15 heavy (non-hydrogen) atoms. The number of benzene rings is 1. The van der Waals surface area contributed by atoms with E-state index in [4.69, 9.17) is 9.81 Å². The van der Waals surface area contributed by atoms with Crippen LogP contribution in [-0.4, -0.2) is 8.76 Å². The lowest BCUT2D eigenvalue weighted by Crippen LogP contribution is -2.04. The molecule has 4 nitrogen and oxygen atoms in total. The Kier molecular flexibility index (Phi) is 3.83. The van der Waals surface area contributed by atoms with Crippen LogP contribution in [0.3, 0.4) is 0 Å². The van der Waals surface area contributed by atoms with Crippen molar-refractivity contribution in [1.82, 2.24) is 0 Å². The van der Waals surface area contributed by atoms with Gasteiger partial charge in [-0.25, -0.2) is 4.21 Å². The molecular weight excluding hydrogens is 212 g/mol. The molecule has 0 amide bonds. The molecule has 0 saturated carbocycles. The predicted molar refractivity (Wildman–Crippen MR) is 59.6 cm³/mol. The minimum atomic E-state index is -2.15. The first-order valence-electron chi connectivity index (χ1n) is 4.46. The minimum Gasteiger partial charge on any atom is -0.289 e. The molecule has 0 radical (unpaired) electrons. The molecular formula is C10H12N2O2S. The Balaban J connectivity index is 3.10. The molecule has 1 rings (SSSR count). The third-order valence-electron chi connectivity index (χ3n) is 2.03. The summed E-state index contributed by atoms with van der Waals surface area (Å²) in [5.41, 5.74) is 1.78. The fourth-order valence-electron chi connectivity index (χ4n) is 1.20. The van der Waals surface area contributed by atoms with Crippen LogP contribution in [0.4, 0.5) is 5.69 Å². The normalized spacial score (nSPS) is 12.2. The van der Waals surface area contributed by atoms with Crippen LogP contribution < -0.4 is 4.72 Å². The highest BCUT2D eigenvalue weighted by Gasteiger charge is 2.07. The summed E-state index contributed by atoms with van der Waals surface area (Å²) in [4.78, 5) is 0. The SMILES string of the molecule is CC(C)c1ccc(NS(=O)O)c(C#N)c1. The van der Waals surface area contributed by atoms with Gasteiger partial charge >= 0.3 is 0 Å². The van der Waals surface area contributed by atoms with Crippen LogP contribution in [0.1, 0.15) is 30.9 Å². The molecule has 80 valence electrons. The first-order chi connectivity index (χ1) is 7.04. The molecule has 0 heterocycles. The summed E-state index contributed by atoms with van der Waals surface area (Å²) in [5.74, 6) is 0.325. The average molecular weight is 224 g/mol. The van der Waals surface area contributed by atoms with E-state index in [0.717, 1.165) is 5.56 Å². The smallest absolute Gasteiger partial charge is 0.259 e. The number of hydrogen-bond acceptors (Lipinski definition) is 2. The number of nitrogens with zero attached hydrogens (tertiary/aromatic N) is 1. The van der Waals surface area contributed by atoms with Crippen LogP contribution in [0.15, 0.2) is 18.2 Å². The van der Waals surface area contributed by atoms with Crippen molar-refractivity contribution < 1.29 is 8.76 Å². The molecule has 0 aliphatic carbocycles. The van der Waals surface area contributed by atoms with Gasteiger partial charge in [-0.15, -0.1) is 0 Å². The van der Waals surface area contributed by atoms with Gasteiger partial charge in [0.1, 0.15) is 6.07 Å². The van der Waals surface area contributed by atoms with Gasteiger partial charge in [-0.2, -0.15) is 5.26 Å². The van der Waals surface area contributed by atoms with E-state index in [2.05, 4.69) is 4.72 Å². The summed E-state index contributed by atoms with van der Waals surface area (Å²) in [7, 11) is 0. The molecule has 1 aromatic rings. The summed E-state index contributed by atoms with van der Waals surface area (Å²) >= 11 is -2.15. The zero-order chi connectivity index (χ0) is 11.4. The van der Waals surface area contributed by atoms with E-state index in [-0.39, 0.29) is 0 Å². The van der Waals surface area contributed by atoms with E-state index in [1.54, 1.807) is 12.1 Å². The molecule has 0 bridgehead atoms. The van der Waals surface area contributed by atoms with Gasteiger partial charge < -0.3 is 0 Å². The van der Waals surface area contributed by atoms with Crippen molar-refractivity contribution in [2.24, 2.45) is 0 Å². The number of rotatable bonds is 3. The largest absolute Gasteiger partial charge is 0.289 e. The van der Waals surface area contributed by atoms with E-state index in [0.29, 0.717) is 17.2 Å². The predicted octanol–water partition coefficient (Wildman–Crippen LogP) is 2.23. The molecule has 0 spiro atoms. The maximum Gasteiger partial charge on any atom is 0.259 e. The van der Waals surface area contributed by atoms with E-state index < -0.39 is 11.3 Å². The van der Waals surface area contributed by atoms with Crippen LogP contribution in [0.25, 0.3) is 0 Å². The Labute approximate surface area is 91.3 Å². The van der Waals surface area contributed by atoms with Crippen LogP contribution in [0.5, 0.6) is 0 Å². The van der Waals surface area contributed by atoms with Crippen molar-refractivity contribution in [3.8, 4) is 6.07 Å². The number of hydrogen-bond donors (Lipinski definition) is 2. The molecule has 0 saturated heterocycles. The molecule has 0 fully saturated rings. The van der Waals surface area contributed by atoms with E-state index in [1.165, 1.54) is 0 Å². The van der Waals surface area contributed by atoms with Crippen LogP contribution in [0.2, 0.25) is 0 Å². The quantitative estimate of drug-likeness (QED) is 0.773. The molecule has 0 aliphatic heterocycles. The van der Waals surface area contributed by atoms with Gasteiger partial charge in [-0.3, -0.25) is 9.27 Å². The molecule has 5 heteroatoms. The lowest BCUT2D eigenvalue weighted by Gasteiger charge is -2.08. The molecule has 0 aliphatic rings. The lowest BCUT2D eigenvalue weighted by atomic mass is 10.0. The minimum absolute atomic E-state index is 0.325. The third-order valence-corrected chi connectivity index (χ3v) is 2.42. The zero-order valence-electron chi connectivity index (χ0n) is 8.52. The molecule has 0 aromatic heterocycles. The first kappa shape index (κ1) is 11.7. The second-order valence-corrected chi connectivity index (χ2v) is 4.13. The van der Waals surface area contributed by atoms with Crippen molar-refractivity contribution in [2.75, 3.05) is 4.72 Å². The van der Waals surface area contributed by atoms with Gasteiger partial charge in [-0.05, 0) is 23.6 Å². The van der Waals surface area contributed by atoms with Gasteiger partial charge in [0.15, 0.2) is 0 Å². The van der Waals surface area contributed by atoms with Crippen LogP contribution in [-0.2, 0) is 11.3 Å². The van der Waals surface area contributed by atoms with Gasteiger partial charge in [0.2, 0.25) is 0 Å². The Morgan fingerprint density at radius 2 is 2.20 bits per heavy atom. The second kappa shape index (κ2) is 4.91. The van der Waals surface area contributed by atoms with Gasteiger partial charge in [0, 0.05) is 0 Å². The Bertz CT molecular complexity index is 424. The van der Waals surface area contributed by atoms with Crippen molar-refractivity contribution in [1.29, 1.82) is 5.26 Å². The Morgan fingerprint density at radius 1 is 1.53 bits per heavy atom. The highest BCUT2D eigenvalue weighted by Crippen LogP contribution is 2.21. The van der Waals surface area contributed by atoms with E-state index in [1.807, 2.05) is 26.0 Å². The van der Waals surface area contributed by atoms with E-state index in [9.17, 15) is 4.21 Å². The molecule has 1 unspecified atom stereocenters. The summed E-state index contributed by atoms with van der Waals surface area (Å²) < 4.78 is 21.5. The van der Waals surface area contributed by atoms with Gasteiger partial charge in [-0.1, -0.05) is 19.9 Å². The topological polar surface area (TPSA) is 73.1 Å². The second-order valence-electron chi connectivity index (χ2n) is 3.42. The number of nitrogens with one attached hydrogen (secondary N) is 1. The first-order valence-corrected chi connectivity index (χ1v) is 5.57. The van der Waals surface area contributed by atoms with Crippen molar-refractivity contribution in [3.63, 3.8) is 0 Å². The maximum absolute atomic E-state index is 10.5. The molecule has 2 N–H and O–H groups in total. The van der Waals surface area contributed by atoms with Gasteiger partial charge in [0.25, 0.3) is 11.3 Å². The van der Waals surface area contributed by atoms with Crippen LogP contribution in [0, 0.1) is 11.3 Å². The van der Waals surface area contributed by atoms with E-state index >= 15 is 0 Å². The summed E-state index contributed by atoms with van der Waals surface area (Å²) in [6.07, 6.45) is 0. The monoisotopic (exact) mass is 224 g/mol. The fourth-order valence-corrected chi connectivity index (χ4v) is 1.56. The van der Waals surface area contributed by atoms with Crippen molar-refractivity contribution in [2.45, 2.75) is 19.8 Å². The third kappa shape index (κ3) is 3.05. The fraction of sp³-hybridized carbons (Fsp3) is 0.300. The summed E-state index contributed by atoms with van der Waals surface area (Å²) in [5, 5.41) is 8.87. The molecule has 1 atom stereocenters. The number of anilines is 1. The molecule has 1 aromatic carbocycles. The maximum atomic E-state index is 10.5. The van der Waals surface area contributed by atoms with Crippen molar-refractivity contribution in [3.05, 3.63) is 29.3 Å². The standard InChI is InChI=1S/C10H12N2O2S/c1-7(2)8-3-4-10(12-15(13)14)9(5-8)6-11/h3-5,7,12H,1-2H3,(H,13,14). The van der Waals surface area contributed by atoms with Crippen LogP contribution >= 0.6 is 0 Å². The summed E-state index contributed by atoms with van der Waals surface area (Å²) in [6, 6.07) is 7.19. The average Bonchev–Trinajstić information content (AvgIpc) is 2.17. The lowest BCUT2D eigenvalue weighted by molar-refractivity contribution is 0.570. The Morgan fingerprint density at radius 3 is 2.67 bits per heavy atom. The highest BCUT2D eigenvalue weighted by atomic mass is 32.2. The van der Waals surface area contributed by atoms with Gasteiger partial charge in [0.05, 0.1) is 11.3 Å². The van der Waals surface area contributed by atoms with Crippen molar-refractivity contribution >= 4 is 17.0 Å². The summed E-state index contributed by atoms with van der Waals surface area (Å²) in [6.45, 7) is 4.04. The zero-order valence-corrected chi connectivity index (χ0v) is 9.34.